The number of hydrogen-bond donors (Lipinski definition) is 1. The lowest BCUT2D eigenvalue weighted by Crippen LogP contribution is -2.42. The van der Waals surface area contributed by atoms with Crippen LogP contribution in [0.15, 0.2) is 53.7 Å². The number of benzene rings is 1. The fourth-order valence-corrected chi connectivity index (χ4v) is 4.10. The molecule has 0 atom stereocenters. The SMILES string of the molecule is CN=C(NCc1cccc(OCc2ccccn2)c1)N1CCC2(CCC2)C1.I. The highest BCUT2D eigenvalue weighted by Gasteiger charge is 2.43. The van der Waals surface area contributed by atoms with Crippen LogP contribution in [0.3, 0.4) is 0 Å². The summed E-state index contributed by atoms with van der Waals surface area (Å²) in [6.45, 7) is 3.50. The molecule has 28 heavy (non-hydrogen) atoms. The zero-order chi connectivity index (χ0) is 18.5. The van der Waals surface area contributed by atoms with Crippen molar-refractivity contribution in [3.63, 3.8) is 0 Å². The smallest absolute Gasteiger partial charge is 0.193 e. The van der Waals surface area contributed by atoms with Gasteiger partial charge in [0, 0.05) is 32.9 Å². The van der Waals surface area contributed by atoms with E-state index >= 15 is 0 Å². The van der Waals surface area contributed by atoms with Crippen LogP contribution >= 0.6 is 24.0 Å². The Morgan fingerprint density at radius 1 is 1.21 bits per heavy atom. The number of ether oxygens (including phenoxy) is 1. The van der Waals surface area contributed by atoms with Crippen LogP contribution in [-0.2, 0) is 13.2 Å². The minimum Gasteiger partial charge on any atom is -0.487 e. The first-order valence-corrected chi connectivity index (χ1v) is 9.84. The predicted octanol–water partition coefficient (Wildman–Crippen LogP) is 4.23. The van der Waals surface area contributed by atoms with Gasteiger partial charge < -0.3 is 15.0 Å². The number of rotatable bonds is 5. The maximum absolute atomic E-state index is 5.88. The average molecular weight is 492 g/mol. The molecule has 1 N–H and O–H groups in total. The van der Waals surface area contributed by atoms with E-state index < -0.39 is 0 Å². The summed E-state index contributed by atoms with van der Waals surface area (Å²) >= 11 is 0. The highest BCUT2D eigenvalue weighted by molar-refractivity contribution is 14.0. The van der Waals surface area contributed by atoms with Crippen LogP contribution in [0.2, 0.25) is 0 Å². The van der Waals surface area contributed by atoms with E-state index in [1.807, 2.05) is 37.4 Å². The first-order valence-electron chi connectivity index (χ1n) is 9.84. The Bertz CT molecular complexity index is 792. The molecule has 2 aromatic rings. The summed E-state index contributed by atoms with van der Waals surface area (Å²) in [7, 11) is 1.88. The monoisotopic (exact) mass is 492 g/mol. The van der Waals surface area contributed by atoms with Crippen molar-refractivity contribution < 1.29 is 4.74 Å². The lowest BCUT2D eigenvalue weighted by atomic mass is 9.68. The van der Waals surface area contributed by atoms with Crippen molar-refractivity contribution in [2.24, 2.45) is 10.4 Å². The van der Waals surface area contributed by atoms with Crippen molar-refractivity contribution in [1.82, 2.24) is 15.2 Å². The van der Waals surface area contributed by atoms with E-state index in [2.05, 4.69) is 32.3 Å². The molecule has 4 rings (SSSR count). The fraction of sp³-hybridized carbons (Fsp3) is 0.455. The number of nitrogens with zero attached hydrogens (tertiary/aromatic N) is 3. The van der Waals surface area contributed by atoms with Crippen molar-refractivity contribution in [3.05, 3.63) is 59.9 Å². The van der Waals surface area contributed by atoms with Gasteiger partial charge in [-0.05, 0) is 54.5 Å². The standard InChI is InChI=1S/C22H28N4O.HI/c1-23-21(26-13-11-22(17-26)9-5-10-22)25-15-18-6-4-8-20(14-18)27-16-19-7-2-3-12-24-19;/h2-4,6-8,12,14H,5,9-11,13,15-17H2,1H3,(H,23,25);1H. The second kappa shape index (κ2) is 9.58. The van der Waals surface area contributed by atoms with Crippen LogP contribution in [0.25, 0.3) is 0 Å². The molecule has 5 nitrogen and oxygen atoms in total. The highest BCUT2D eigenvalue weighted by Crippen LogP contribution is 2.47. The molecular weight excluding hydrogens is 463 g/mol. The minimum atomic E-state index is 0. The van der Waals surface area contributed by atoms with Crippen molar-refractivity contribution in [1.29, 1.82) is 0 Å². The molecule has 2 heterocycles. The van der Waals surface area contributed by atoms with Gasteiger partial charge in [-0.25, -0.2) is 0 Å². The zero-order valence-electron chi connectivity index (χ0n) is 16.4. The molecule has 1 aromatic carbocycles. The Morgan fingerprint density at radius 2 is 2.11 bits per heavy atom. The quantitative estimate of drug-likeness (QED) is 0.386. The molecule has 1 aliphatic carbocycles. The van der Waals surface area contributed by atoms with Crippen LogP contribution in [0, 0.1) is 5.41 Å². The molecule has 0 amide bonds. The van der Waals surface area contributed by atoms with Gasteiger partial charge in [-0.3, -0.25) is 9.98 Å². The van der Waals surface area contributed by atoms with Crippen molar-refractivity contribution in [3.8, 4) is 5.75 Å². The summed E-state index contributed by atoms with van der Waals surface area (Å²) in [5, 5.41) is 3.52. The molecule has 2 fully saturated rings. The number of likely N-dealkylation sites (tertiary alicyclic amines) is 1. The highest BCUT2D eigenvalue weighted by atomic mass is 127. The molecule has 2 aliphatic rings. The molecule has 150 valence electrons. The van der Waals surface area contributed by atoms with E-state index in [1.165, 1.54) is 31.2 Å². The molecule has 1 aliphatic heterocycles. The summed E-state index contributed by atoms with van der Waals surface area (Å²) in [4.78, 5) is 11.2. The van der Waals surface area contributed by atoms with Gasteiger partial charge in [0.2, 0.25) is 0 Å². The Kier molecular flexibility index (Phi) is 7.15. The topological polar surface area (TPSA) is 49.8 Å². The second-order valence-electron chi connectivity index (χ2n) is 7.68. The molecule has 0 radical (unpaired) electrons. The molecule has 1 aromatic heterocycles. The predicted molar refractivity (Wildman–Crippen MR) is 123 cm³/mol. The van der Waals surface area contributed by atoms with Crippen LogP contribution in [0.4, 0.5) is 0 Å². The van der Waals surface area contributed by atoms with Gasteiger partial charge in [0.1, 0.15) is 12.4 Å². The molecule has 6 heteroatoms. The number of aromatic nitrogens is 1. The van der Waals surface area contributed by atoms with Gasteiger partial charge in [0.05, 0.1) is 5.69 Å². The maximum Gasteiger partial charge on any atom is 0.193 e. The molecule has 1 saturated carbocycles. The molecular formula is C22H29IN4O. The molecule has 0 unspecified atom stereocenters. The summed E-state index contributed by atoms with van der Waals surface area (Å²) in [6, 6.07) is 14.1. The third-order valence-corrected chi connectivity index (χ3v) is 5.83. The second-order valence-corrected chi connectivity index (χ2v) is 7.68. The number of aliphatic imine (C=N–C) groups is 1. The van der Waals surface area contributed by atoms with Gasteiger partial charge in [-0.1, -0.05) is 24.6 Å². The number of pyridine rings is 1. The van der Waals surface area contributed by atoms with Crippen molar-refractivity contribution >= 4 is 29.9 Å². The van der Waals surface area contributed by atoms with Gasteiger partial charge in [0.15, 0.2) is 5.96 Å². The van der Waals surface area contributed by atoms with Gasteiger partial charge >= 0.3 is 0 Å². The van der Waals surface area contributed by atoms with Gasteiger partial charge in [-0.15, -0.1) is 24.0 Å². The first kappa shape index (κ1) is 20.9. The summed E-state index contributed by atoms with van der Waals surface area (Å²) in [6.07, 6.45) is 7.26. The molecule has 1 saturated heterocycles. The van der Waals surface area contributed by atoms with Crippen LogP contribution in [-0.4, -0.2) is 36.0 Å². The number of halogens is 1. The van der Waals surface area contributed by atoms with Crippen LogP contribution in [0.5, 0.6) is 5.75 Å². The number of nitrogens with one attached hydrogen (secondary N) is 1. The van der Waals surface area contributed by atoms with Crippen LogP contribution in [0.1, 0.15) is 36.9 Å². The Hall–Kier alpha value is -1.83. The van der Waals surface area contributed by atoms with Crippen LogP contribution < -0.4 is 10.1 Å². The van der Waals surface area contributed by atoms with E-state index in [0.29, 0.717) is 12.0 Å². The van der Waals surface area contributed by atoms with Gasteiger partial charge in [0.25, 0.3) is 0 Å². The molecule has 1 spiro atoms. The Balaban J connectivity index is 0.00000225. The van der Waals surface area contributed by atoms with Crippen molar-refractivity contribution in [2.75, 3.05) is 20.1 Å². The number of hydrogen-bond acceptors (Lipinski definition) is 3. The molecule has 0 bridgehead atoms. The third kappa shape index (κ3) is 4.96. The van der Waals surface area contributed by atoms with E-state index in [1.54, 1.807) is 6.20 Å². The van der Waals surface area contributed by atoms with E-state index in [-0.39, 0.29) is 24.0 Å². The lowest BCUT2D eigenvalue weighted by molar-refractivity contribution is 0.151. The van der Waals surface area contributed by atoms with E-state index in [9.17, 15) is 0 Å². The van der Waals surface area contributed by atoms with E-state index in [0.717, 1.165) is 37.0 Å². The summed E-state index contributed by atoms with van der Waals surface area (Å²) in [5.74, 6) is 1.88. The Morgan fingerprint density at radius 3 is 2.79 bits per heavy atom. The first-order chi connectivity index (χ1) is 13.3. The van der Waals surface area contributed by atoms with E-state index in [4.69, 9.17) is 4.74 Å². The zero-order valence-corrected chi connectivity index (χ0v) is 18.8. The minimum absolute atomic E-state index is 0. The van der Waals surface area contributed by atoms with Crippen molar-refractivity contribution in [2.45, 2.75) is 38.8 Å². The number of guanidine groups is 1. The summed E-state index contributed by atoms with van der Waals surface area (Å²) < 4.78 is 5.88. The third-order valence-electron chi connectivity index (χ3n) is 5.83. The normalized spacial score (nSPS) is 17.8. The Labute approximate surface area is 184 Å². The fourth-order valence-electron chi connectivity index (χ4n) is 4.10. The van der Waals surface area contributed by atoms with Gasteiger partial charge in [-0.2, -0.15) is 0 Å². The summed E-state index contributed by atoms with van der Waals surface area (Å²) in [5.41, 5.74) is 2.70. The lowest BCUT2D eigenvalue weighted by Gasteiger charge is -2.38. The largest absolute Gasteiger partial charge is 0.487 e. The maximum atomic E-state index is 5.88. The average Bonchev–Trinajstić information content (AvgIpc) is 3.14.